The van der Waals surface area contributed by atoms with Crippen molar-refractivity contribution in [1.29, 1.82) is 5.26 Å². The number of benzene rings is 8. The van der Waals surface area contributed by atoms with Crippen LogP contribution in [0.5, 0.6) is 0 Å². The van der Waals surface area contributed by atoms with Gasteiger partial charge in [0.15, 0.2) is 8.07 Å². The first-order chi connectivity index (χ1) is 29.2. The van der Waals surface area contributed by atoms with Crippen LogP contribution in [0.2, 0.25) is 0 Å². The molecule has 3 heterocycles. The molecular formula is C54H36N4Si. The lowest BCUT2D eigenvalue weighted by molar-refractivity contribution is 1.01. The first kappa shape index (κ1) is 33.5. The molecule has 59 heavy (non-hydrogen) atoms. The molecule has 2 aromatic heterocycles. The Kier molecular flexibility index (Phi) is 7.34. The second-order valence-corrected chi connectivity index (χ2v) is 19.5. The molecule has 0 saturated carbocycles. The van der Waals surface area contributed by atoms with Crippen molar-refractivity contribution in [2.45, 2.75) is 5.92 Å². The van der Waals surface area contributed by atoms with Crippen molar-refractivity contribution in [1.82, 2.24) is 8.97 Å². The minimum Gasteiger partial charge on any atom is -0.313 e. The van der Waals surface area contributed by atoms with Gasteiger partial charge >= 0.3 is 0 Å². The summed E-state index contributed by atoms with van der Waals surface area (Å²) >= 11 is 0. The fourth-order valence-electron chi connectivity index (χ4n) is 10.2. The van der Waals surface area contributed by atoms with Crippen LogP contribution in [0.1, 0.15) is 28.2 Å². The Morgan fingerprint density at radius 2 is 1.08 bits per heavy atom. The number of hydrogen-bond acceptors (Lipinski definition) is 2. The Bertz CT molecular complexity index is 3330. The summed E-state index contributed by atoms with van der Waals surface area (Å²) in [7, 11) is -3.00. The Hall–Kier alpha value is -7.65. The third-order valence-electron chi connectivity index (χ3n) is 12.6. The van der Waals surface area contributed by atoms with E-state index < -0.39 is 8.07 Å². The molecule has 1 aliphatic carbocycles. The molecule has 1 aliphatic heterocycles. The van der Waals surface area contributed by atoms with Crippen LogP contribution in [-0.2, 0) is 0 Å². The van der Waals surface area contributed by atoms with E-state index in [-0.39, 0.29) is 5.92 Å². The van der Waals surface area contributed by atoms with Crippen LogP contribution in [0, 0.1) is 11.3 Å². The van der Waals surface area contributed by atoms with Crippen LogP contribution in [0.4, 0.5) is 11.4 Å². The number of aromatic nitrogens is 2. The van der Waals surface area contributed by atoms with Gasteiger partial charge in [0, 0.05) is 22.5 Å². The SMILES string of the molecule is N#Cc1ccc2cc3n(-c4cccc([Si](c5ccccc5)(c5ccccc5)c5cccc(N6C7=Cc8ccccc8C7c7ccccc76)c5)c4)c4ccccc4n3c2c1. The zero-order valence-electron chi connectivity index (χ0n) is 32.1. The number of imidazole rings is 1. The third-order valence-corrected chi connectivity index (χ3v) is 17.4. The molecule has 12 rings (SSSR count). The lowest BCUT2D eigenvalue weighted by Crippen LogP contribution is -2.74. The van der Waals surface area contributed by atoms with E-state index >= 15 is 0 Å². The van der Waals surface area contributed by atoms with Gasteiger partial charge in [-0.05, 0) is 104 Å². The van der Waals surface area contributed by atoms with Crippen LogP contribution in [-0.4, -0.2) is 17.0 Å². The van der Waals surface area contributed by atoms with Crippen molar-refractivity contribution >= 4 is 73.9 Å². The van der Waals surface area contributed by atoms with Gasteiger partial charge in [-0.1, -0.05) is 146 Å². The molecule has 0 N–H and O–H groups in total. The number of nitrogens with zero attached hydrogens (tertiary/aromatic N) is 4. The molecule has 0 bridgehead atoms. The highest BCUT2D eigenvalue weighted by Crippen LogP contribution is 2.54. The maximum Gasteiger partial charge on any atom is 0.179 e. The standard InChI is InChI=1S/C54H36N4Si/c55-36-37-29-30-39-33-53-57(49-27-11-12-28-50(49)58(53)51(39)31-37)41-17-14-23-45(35-41)59(42-18-3-1-4-19-42,43-20-5-2-6-21-43)44-22-13-16-40(34-44)56-48-26-10-9-25-47(48)54-46-24-8-7-15-38(46)32-52(54)56/h1-35,54H. The molecule has 0 fully saturated rings. The Morgan fingerprint density at radius 1 is 0.475 bits per heavy atom. The third kappa shape index (κ3) is 4.81. The zero-order valence-corrected chi connectivity index (χ0v) is 33.1. The molecule has 0 spiro atoms. The molecule has 1 atom stereocenters. The van der Waals surface area contributed by atoms with E-state index in [4.69, 9.17) is 0 Å². The summed E-state index contributed by atoms with van der Waals surface area (Å²) in [6.07, 6.45) is 2.39. The van der Waals surface area contributed by atoms with Crippen LogP contribution >= 0.6 is 0 Å². The van der Waals surface area contributed by atoms with E-state index in [1.54, 1.807) is 0 Å². The molecule has 1 unspecified atom stereocenters. The van der Waals surface area contributed by atoms with Crippen molar-refractivity contribution in [2.24, 2.45) is 0 Å². The van der Waals surface area contributed by atoms with Crippen LogP contribution in [0.25, 0.3) is 39.3 Å². The van der Waals surface area contributed by atoms with E-state index in [2.05, 4.69) is 220 Å². The molecule has 0 saturated heterocycles. The Balaban J connectivity index is 1.11. The average molecular weight is 769 g/mol. The van der Waals surface area contributed by atoms with Gasteiger partial charge in [0.25, 0.3) is 0 Å². The number of allylic oxidation sites excluding steroid dienone is 1. The first-order valence-corrected chi connectivity index (χ1v) is 22.2. The topological polar surface area (TPSA) is 36.4 Å². The monoisotopic (exact) mass is 768 g/mol. The molecular weight excluding hydrogens is 733 g/mol. The molecule has 0 radical (unpaired) electrons. The van der Waals surface area contributed by atoms with E-state index in [0.717, 1.165) is 33.3 Å². The molecule has 10 aromatic rings. The minimum absolute atomic E-state index is 0.207. The van der Waals surface area contributed by atoms with Gasteiger partial charge in [-0.2, -0.15) is 5.26 Å². The maximum atomic E-state index is 9.83. The first-order valence-electron chi connectivity index (χ1n) is 20.2. The number of rotatable bonds is 6. The number of para-hydroxylation sites is 3. The van der Waals surface area contributed by atoms with Crippen molar-refractivity contribution in [3.8, 4) is 11.8 Å². The highest BCUT2D eigenvalue weighted by Gasteiger charge is 2.44. The maximum absolute atomic E-state index is 9.83. The molecule has 5 heteroatoms. The Morgan fingerprint density at radius 3 is 1.83 bits per heavy atom. The van der Waals surface area contributed by atoms with Gasteiger partial charge in [0.1, 0.15) is 5.65 Å². The van der Waals surface area contributed by atoms with Gasteiger partial charge in [0.2, 0.25) is 0 Å². The van der Waals surface area contributed by atoms with E-state index in [1.807, 2.05) is 12.1 Å². The Labute approximate surface area is 343 Å². The summed E-state index contributed by atoms with van der Waals surface area (Å²) in [5.41, 5.74) is 13.8. The van der Waals surface area contributed by atoms with Crippen molar-refractivity contribution in [2.75, 3.05) is 4.90 Å². The molecule has 276 valence electrons. The average Bonchev–Trinajstić information content (AvgIpc) is 4.04. The van der Waals surface area contributed by atoms with Crippen LogP contribution < -0.4 is 25.6 Å². The van der Waals surface area contributed by atoms with Gasteiger partial charge in [0.05, 0.1) is 39.8 Å². The second-order valence-electron chi connectivity index (χ2n) is 15.7. The van der Waals surface area contributed by atoms with Gasteiger partial charge in [-0.25, -0.2) is 0 Å². The predicted molar refractivity (Wildman–Crippen MR) is 245 cm³/mol. The summed E-state index contributed by atoms with van der Waals surface area (Å²) in [6.45, 7) is 0. The van der Waals surface area contributed by atoms with E-state index in [0.29, 0.717) is 5.56 Å². The van der Waals surface area contributed by atoms with Gasteiger partial charge < -0.3 is 4.90 Å². The fourth-order valence-corrected chi connectivity index (χ4v) is 15.0. The molecule has 8 aromatic carbocycles. The van der Waals surface area contributed by atoms with Crippen molar-refractivity contribution in [3.63, 3.8) is 0 Å². The second kappa shape index (κ2) is 12.9. The van der Waals surface area contributed by atoms with E-state index in [9.17, 15) is 5.26 Å². The smallest absolute Gasteiger partial charge is 0.179 e. The molecule has 2 aliphatic rings. The van der Waals surface area contributed by atoms with Gasteiger partial charge in [-0.15, -0.1) is 0 Å². The van der Waals surface area contributed by atoms with Crippen molar-refractivity contribution in [3.05, 3.63) is 234 Å². The van der Waals surface area contributed by atoms with Crippen molar-refractivity contribution < 1.29 is 0 Å². The van der Waals surface area contributed by atoms with E-state index in [1.165, 1.54) is 54.5 Å². The minimum atomic E-state index is -3.00. The summed E-state index contributed by atoms with van der Waals surface area (Å²) in [6, 6.07) is 78.0. The number of hydrogen-bond donors (Lipinski definition) is 0. The molecule has 4 nitrogen and oxygen atoms in total. The normalized spacial score (nSPS) is 14.3. The largest absolute Gasteiger partial charge is 0.313 e. The summed E-state index contributed by atoms with van der Waals surface area (Å²) in [4.78, 5) is 2.51. The van der Waals surface area contributed by atoms with Crippen LogP contribution in [0.3, 0.4) is 0 Å². The quantitative estimate of drug-likeness (QED) is 0.125. The summed E-state index contributed by atoms with van der Waals surface area (Å²) < 4.78 is 4.69. The summed E-state index contributed by atoms with van der Waals surface area (Å²) in [5.74, 6) is 0.207. The lowest BCUT2D eigenvalue weighted by atomic mass is 9.93. The van der Waals surface area contributed by atoms with Crippen LogP contribution in [0.15, 0.2) is 212 Å². The zero-order chi connectivity index (χ0) is 39.1. The highest BCUT2D eigenvalue weighted by molar-refractivity contribution is 7.20. The van der Waals surface area contributed by atoms with Gasteiger partial charge in [-0.3, -0.25) is 8.97 Å². The lowest BCUT2D eigenvalue weighted by Gasteiger charge is -2.35. The highest BCUT2D eigenvalue weighted by atomic mass is 28.3. The summed E-state index contributed by atoms with van der Waals surface area (Å²) in [5, 5.41) is 16.2. The predicted octanol–water partition coefficient (Wildman–Crippen LogP) is 9.92. The molecule has 0 amide bonds. The fraction of sp³-hybridized carbons (Fsp3) is 0.0185. The number of anilines is 2. The number of fused-ring (bicyclic) bond motifs is 10. The number of nitriles is 1.